The first-order chi connectivity index (χ1) is 9.97. The molecule has 0 saturated heterocycles. The third kappa shape index (κ3) is 2.45. The molecule has 1 aliphatic carbocycles. The zero-order valence-corrected chi connectivity index (χ0v) is 13.1. The number of aryl methyl sites for hydroxylation is 2. The van der Waals surface area contributed by atoms with Crippen LogP contribution in [0.5, 0.6) is 0 Å². The number of aromatic nitrogens is 1. The zero-order valence-electron chi connectivity index (χ0n) is 13.1. The molecule has 1 fully saturated rings. The normalized spacial score (nSPS) is 22.6. The molecule has 0 unspecified atom stereocenters. The Morgan fingerprint density at radius 1 is 1.14 bits per heavy atom. The van der Waals surface area contributed by atoms with Crippen LogP contribution in [-0.2, 0) is 0 Å². The van der Waals surface area contributed by atoms with Gasteiger partial charge in [0.2, 0.25) is 0 Å². The fourth-order valence-electron chi connectivity index (χ4n) is 3.76. The van der Waals surface area contributed by atoms with Gasteiger partial charge in [-0.15, -0.1) is 0 Å². The van der Waals surface area contributed by atoms with E-state index >= 15 is 0 Å². The van der Waals surface area contributed by atoms with Crippen molar-refractivity contribution in [2.24, 2.45) is 11.7 Å². The minimum Gasteiger partial charge on any atom is -0.364 e. The van der Waals surface area contributed by atoms with E-state index in [4.69, 9.17) is 5.73 Å². The number of nitrogens with zero attached hydrogens (tertiary/aromatic N) is 1. The quantitative estimate of drug-likeness (QED) is 0.886. The maximum absolute atomic E-state index is 11.9. The molecule has 1 heterocycles. The number of rotatable bonds is 2. The van der Waals surface area contributed by atoms with E-state index in [1.54, 1.807) is 0 Å². The van der Waals surface area contributed by atoms with Gasteiger partial charge in [0, 0.05) is 16.9 Å². The third-order valence-corrected chi connectivity index (χ3v) is 4.91. The Morgan fingerprint density at radius 3 is 2.43 bits per heavy atom. The van der Waals surface area contributed by atoms with Gasteiger partial charge in [-0.3, -0.25) is 4.79 Å². The highest BCUT2D eigenvalue weighted by atomic mass is 16.1. The zero-order chi connectivity index (χ0) is 15.1. The molecular weight excluding hydrogens is 260 g/mol. The number of amides is 1. The van der Waals surface area contributed by atoms with Gasteiger partial charge < -0.3 is 10.3 Å². The van der Waals surface area contributed by atoms with Gasteiger partial charge >= 0.3 is 0 Å². The molecule has 0 spiro atoms. The summed E-state index contributed by atoms with van der Waals surface area (Å²) < 4.78 is 2.21. The predicted octanol–water partition coefficient (Wildman–Crippen LogP) is 4.11. The standard InChI is InChI=1S/C18H24N2O/c1-11-4-6-14(7-5-11)20-16-9-12(2)8-13(3)15(16)10-17(20)18(19)21/h8-11,14H,4-7H2,1-3H3,(H2,19,21). The van der Waals surface area contributed by atoms with E-state index in [0.29, 0.717) is 11.7 Å². The Bertz CT molecular complexity index is 691. The van der Waals surface area contributed by atoms with E-state index in [2.05, 4.69) is 37.5 Å². The first-order valence-electron chi connectivity index (χ1n) is 7.89. The van der Waals surface area contributed by atoms with Crippen molar-refractivity contribution in [1.29, 1.82) is 0 Å². The van der Waals surface area contributed by atoms with E-state index in [1.807, 2.05) is 6.07 Å². The number of hydrogen-bond donors (Lipinski definition) is 1. The van der Waals surface area contributed by atoms with Crippen molar-refractivity contribution in [1.82, 2.24) is 4.57 Å². The minimum absolute atomic E-state index is 0.318. The van der Waals surface area contributed by atoms with E-state index in [1.165, 1.54) is 29.5 Å². The van der Waals surface area contributed by atoms with Gasteiger partial charge in [-0.05, 0) is 68.7 Å². The lowest BCUT2D eigenvalue weighted by atomic mass is 9.87. The number of primary amides is 1. The number of carbonyl (C=O) groups is 1. The van der Waals surface area contributed by atoms with Crippen LogP contribution in [0.1, 0.15) is 60.3 Å². The van der Waals surface area contributed by atoms with Crippen molar-refractivity contribution in [3.05, 3.63) is 35.0 Å². The molecule has 3 rings (SSSR count). The maximum Gasteiger partial charge on any atom is 0.265 e. The molecule has 0 aliphatic heterocycles. The summed E-state index contributed by atoms with van der Waals surface area (Å²) in [5.74, 6) is 0.477. The fourth-order valence-corrected chi connectivity index (χ4v) is 3.76. The second-order valence-electron chi connectivity index (χ2n) is 6.69. The molecule has 1 aromatic carbocycles. The number of nitrogens with two attached hydrogens (primary N) is 1. The number of fused-ring (bicyclic) bond motifs is 1. The highest BCUT2D eigenvalue weighted by molar-refractivity contribution is 5.99. The topological polar surface area (TPSA) is 48.0 Å². The first kappa shape index (κ1) is 14.2. The van der Waals surface area contributed by atoms with E-state index in [0.717, 1.165) is 24.1 Å². The monoisotopic (exact) mass is 284 g/mol. The average Bonchev–Trinajstić information content (AvgIpc) is 2.79. The highest BCUT2D eigenvalue weighted by Gasteiger charge is 2.25. The van der Waals surface area contributed by atoms with Crippen molar-refractivity contribution in [2.45, 2.75) is 52.5 Å². The first-order valence-corrected chi connectivity index (χ1v) is 7.89. The molecule has 2 N–H and O–H groups in total. The second-order valence-corrected chi connectivity index (χ2v) is 6.69. The van der Waals surface area contributed by atoms with Crippen molar-refractivity contribution in [2.75, 3.05) is 0 Å². The molecule has 0 radical (unpaired) electrons. The summed E-state index contributed by atoms with van der Waals surface area (Å²) in [6.07, 6.45) is 4.73. The molecule has 1 saturated carbocycles. The number of hydrogen-bond acceptors (Lipinski definition) is 1. The van der Waals surface area contributed by atoms with Crippen molar-refractivity contribution >= 4 is 16.8 Å². The van der Waals surface area contributed by atoms with Crippen LogP contribution in [0, 0.1) is 19.8 Å². The summed E-state index contributed by atoms with van der Waals surface area (Å²) in [6, 6.07) is 6.74. The Balaban J connectivity index is 2.18. The summed E-state index contributed by atoms with van der Waals surface area (Å²) in [4.78, 5) is 11.9. The molecule has 2 aromatic rings. The van der Waals surface area contributed by atoms with Crippen LogP contribution >= 0.6 is 0 Å². The van der Waals surface area contributed by atoms with Crippen LogP contribution in [0.2, 0.25) is 0 Å². The number of carbonyl (C=O) groups excluding carboxylic acids is 1. The molecule has 1 aliphatic rings. The second kappa shape index (κ2) is 5.21. The summed E-state index contributed by atoms with van der Waals surface area (Å²) >= 11 is 0. The largest absolute Gasteiger partial charge is 0.364 e. The fraction of sp³-hybridized carbons (Fsp3) is 0.500. The Labute approximate surface area is 126 Å². The SMILES string of the molecule is Cc1cc(C)c2cc(C(N)=O)n(C3CCC(C)CC3)c2c1. The Hall–Kier alpha value is -1.77. The van der Waals surface area contributed by atoms with E-state index < -0.39 is 0 Å². The van der Waals surface area contributed by atoms with Crippen LogP contribution in [0.3, 0.4) is 0 Å². The van der Waals surface area contributed by atoms with Gasteiger partial charge in [0.1, 0.15) is 5.69 Å². The smallest absolute Gasteiger partial charge is 0.265 e. The van der Waals surface area contributed by atoms with Crippen LogP contribution in [0.15, 0.2) is 18.2 Å². The predicted molar refractivity (Wildman–Crippen MR) is 86.6 cm³/mol. The van der Waals surface area contributed by atoms with E-state index in [9.17, 15) is 4.79 Å². The summed E-state index contributed by atoms with van der Waals surface area (Å²) in [6.45, 7) is 6.53. The lowest BCUT2D eigenvalue weighted by molar-refractivity contribution is 0.0987. The van der Waals surface area contributed by atoms with Gasteiger partial charge in [-0.2, -0.15) is 0 Å². The third-order valence-electron chi connectivity index (χ3n) is 4.91. The molecule has 3 heteroatoms. The van der Waals surface area contributed by atoms with E-state index in [-0.39, 0.29) is 5.91 Å². The minimum atomic E-state index is -0.318. The molecule has 21 heavy (non-hydrogen) atoms. The van der Waals surface area contributed by atoms with Crippen LogP contribution in [0.4, 0.5) is 0 Å². The highest BCUT2D eigenvalue weighted by Crippen LogP contribution is 2.36. The average molecular weight is 284 g/mol. The lowest BCUT2D eigenvalue weighted by Gasteiger charge is -2.29. The van der Waals surface area contributed by atoms with Crippen molar-refractivity contribution < 1.29 is 4.79 Å². The van der Waals surface area contributed by atoms with Gasteiger partial charge in [0.25, 0.3) is 5.91 Å². The van der Waals surface area contributed by atoms with Crippen molar-refractivity contribution in [3.63, 3.8) is 0 Å². The lowest BCUT2D eigenvalue weighted by Crippen LogP contribution is -2.23. The molecule has 0 bridgehead atoms. The van der Waals surface area contributed by atoms with Gasteiger partial charge in [0.05, 0.1) is 0 Å². The molecule has 1 amide bonds. The molecule has 112 valence electrons. The Kier molecular flexibility index (Phi) is 3.52. The molecular formula is C18H24N2O. The van der Waals surface area contributed by atoms with Crippen LogP contribution < -0.4 is 5.73 Å². The van der Waals surface area contributed by atoms with Crippen LogP contribution in [-0.4, -0.2) is 10.5 Å². The van der Waals surface area contributed by atoms with Gasteiger partial charge in [0.15, 0.2) is 0 Å². The molecule has 1 aromatic heterocycles. The van der Waals surface area contributed by atoms with Crippen LogP contribution in [0.25, 0.3) is 10.9 Å². The summed E-state index contributed by atoms with van der Waals surface area (Å²) in [5, 5.41) is 1.16. The molecule has 0 atom stereocenters. The van der Waals surface area contributed by atoms with Gasteiger partial charge in [-0.1, -0.05) is 13.0 Å². The summed E-state index contributed by atoms with van der Waals surface area (Å²) in [5.41, 5.74) is 9.93. The van der Waals surface area contributed by atoms with Crippen molar-refractivity contribution in [3.8, 4) is 0 Å². The van der Waals surface area contributed by atoms with Gasteiger partial charge in [-0.25, -0.2) is 0 Å². The maximum atomic E-state index is 11.9. The summed E-state index contributed by atoms with van der Waals surface area (Å²) in [7, 11) is 0. The Morgan fingerprint density at radius 2 is 1.81 bits per heavy atom. The number of benzene rings is 1. The molecule has 3 nitrogen and oxygen atoms in total.